The second kappa shape index (κ2) is 42.4. The standard InChI is InChI=1S/C66H101N19O17/c1-36(2)30-45(82-62(99)50-17-11-29-85(50)63(100)44(15-9-27-74-66(71)72)80-59(96)46(33-39-18-20-40(86)21-19-39)77-52(88)34-75-55(92)41(67)22-24-51(68)87)58(95)78-42(14-8-26-73-65(69)70)56(93)76-35-53(89)84-28-10-16-49(84)61(98)79-43(23-25-54(90)91)57(94)81-47(32-38-12-6-5-7-13-38)60(97)83-48(64(101)102)31-37(3)4/h5-7,12-13,18-21,36-37,41-50,86H,8-11,14-17,22-35,67H2,1-4H3,(H2,68,87)(H,75,92)(H,76,93)(H,77,88)(H,78,95)(H,79,98)(H,80,96)(H,81,94)(H,82,99)(H,83,97)(H,90,91)(H,101,102)(H4,69,70,73)(H4,71,72,74)/t41-,42-,43-,44-,45-,46-,47-,48-,49-,50-/m0/s1. The second-order valence-electron chi connectivity index (χ2n) is 26.0. The van der Waals surface area contributed by atoms with Gasteiger partial charge < -0.3 is 107 Å². The number of phenolic OH excluding ortho intramolecular Hbond substituents is 1. The van der Waals surface area contributed by atoms with Crippen LogP contribution >= 0.6 is 0 Å². The van der Waals surface area contributed by atoms with E-state index in [-0.39, 0.29) is 139 Å². The molecule has 36 heteroatoms. The average molecular weight is 1430 g/mol. The summed E-state index contributed by atoms with van der Waals surface area (Å²) in [6.07, 6.45) is -0.786. The highest BCUT2D eigenvalue weighted by molar-refractivity contribution is 5.99. The van der Waals surface area contributed by atoms with Gasteiger partial charge in [-0.1, -0.05) is 70.2 Å². The van der Waals surface area contributed by atoms with Crippen molar-refractivity contribution in [2.45, 2.75) is 191 Å². The number of hydrogen-bond acceptors (Lipinski definition) is 18. The summed E-state index contributed by atoms with van der Waals surface area (Å²) in [5, 5.41) is 52.6. The molecule has 0 spiro atoms. The van der Waals surface area contributed by atoms with Crippen molar-refractivity contribution in [1.82, 2.24) is 57.7 Å². The second-order valence-corrected chi connectivity index (χ2v) is 26.0. The van der Waals surface area contributed by atoms with Crippen molar-refractivity contribution >= 4 is 94.7 Å². The molecule has 562 valence electrons. The maximum Gasteiger partial charge on any atom is 0.326 e. The lowest BCUT2D eigenvalue weighted by atomic mass is 10.0. The van der Waals surface area contributed by atoms with Crippen LogP contribution in [0.2, 0.25) is 0 Å². The number of carboxylic acid groups (broad SMARTS) is 2. The van der Waals surface area contributed by atoms with Crippen LogP contribution in [0.15, 0.2) is 64.6 Å². The highest BCUT2D eigenvalue weighted by Gasteiger charge is 2.42. The van der Waals surface area contributed by atoms with Crippen molar-refractivity contribution in [1.29, 1.82) is 0 Å². The van der Waals surface area contributed by atoms with Gasteiger partial charge in [0.2, 0.25) is 70.9 Å². The number of guanidine groups is 2. The summed E-state index contributed by atoms with van der Waals surface area (Å²) in [6.45, 7) is 5.75. The molecule has 2 aromatic rings. The monoisotopic (exact) mass is 1430 g/mol. The summed E-state index contributed by atoms with van der Waals surface area (Å²) < 4.78 is 0. The number of nitrogens with zero attached hydrogens (tertiary/aromatic N) is 4. The minimum Gasteiger partial charge on any atom is -0.508 e. The fourth-order valence-electron chi connectivity index (χ4n) is 11.4. The van der Waals surface area contributed by atoms with E-state index in [1.54, 1.807) is 58.0 Å². The van der Waals surface area contributed by atoms with Crippen molar-refractivity contribution in [3.63, 3.8) is 0 Å². The summed E-state index contributed by atoms with van der Waals surface area (Å²) in [7, 11) is 0. The number of nitrogens with one attached hydrogen (secondary N) is 9. The van der Waals surface area contributed by atoms with Crippen LogP contribution in [-0.2, 0) is 80.0 Å². The number of amides is 12. The number of benzene rings is 2. The van der Waals surface area contributed by atoms with Crippen LogP contribution in [0.1, 0.15) is 129 Å². The van der Waals surface area contributed by atoms with Crippen molar-refractivity contribution in [3.05, 3.63) is 65.7 Å². The minimum absolute atomic E-state index is 0.000487. The van der Waals surface area contributed by atoms with E-state index in [4.69, 9.17) is 34.4 Å². The molecule has 102 heavy (non-hydrogen) atoms. The van der Waals surface area contributed by atoms with Crippen LogP contribution in [0.25, 0.3) is 0 Å². The van der Waals surface area contributed by atoms with Gasteiger partial charge in [0.05, 0.1) is 19.1 Å². The maximum atomic E-state index is 14.8. The van der Waals surface area contributed by atoms with E-state index in [9.17, 15) is 82.4 Å². The normalized spacial score (nSPS) is 16.4. The third-order valence-corrected chi connectivity index (χ3v) is 16.6. The largest absolute Gasteiger partial charge is 0.508 e. The topological polar surface area (TPSA) is 595 Å². The molecule has 10 atom stereocenters. The Bertz CT molecular complexity index is 3290. The molecule has 0 unspecified atom stereocenters. The van der Waals surface area contributed by atoms with E-state index in [1.165, 1.54) is 29.2 Å². The number of aliphatic imine (C=N–C) groups is 2. The third-order valence-electron chi connectivity index (χ3n) is 16.6. The van der Waals surface area contributed by atoms with Crippen molar-refractivity contribution < 1.29 is 82.4 Å². The summed E-state index contributed by atoms with van der Waals surface area (Å²) in [4.78, 5) is 200. The van der Waals surface area contributed by atoms with Gasteiger partial charge in [0, 0.05) is 51.9 Å². The number of carboxylic acids is 2. The van der Waals surface area contributed by atoms with E-state index >= 15 is 0 Å². The average Bonchev–Trinajstić information content (AvgIpc) is 1.63. The zero-order chi connectivity index (χ0) is 75.8. The molecular formula is C66H101N19O17. The molecule has 0 aromatic heterocycles. The molecule has 0 radical (unpaired) electrons. The molecule has 2 aliphatic heterocycles. The van der Waals surface area contributed by atoms with Gasteiger partial charge in [0.1, 0.15) is 60.1 Å². The Kier molecular flexibility index (Phi) is 34.8. The van der Waals surface area contributed by atoms with Gasteiger partial charge in [0.15, 0.2) is 11.9 Å². The number of phenols is 1. The Morgan fingerprint density at radius 2 is 0.961 bits per heavy atom. The zero-order valence-corrected chi connectivity index (χ0v) is 58.0. The SMILES string of the molecule is CC(C)C[C@H](NC(=O)[C@H](Cc1ccccc1)NC(=O)[C@H](CCC(=O)O)NC(=O)[C@@H]1CCCN1C(=O)CNC(=O)[C@H](CCCN=C(N)N)NC(=O)[C@H](CC(C)C)NC(=O)[C@@H]1CCCN1C(=O)[C@H](CCCN=C(N)N)NC(=O)[C@H](Cc1ccc(O)cc1)NC(=O)CNC(=O)[C@@H](N)CCC(N)=O)C(=O)O. The number of aliphatic carboxylic acids is 2. The smallest absolute Gasteiger partial charge is 0.326 e. The molecule has 36 nitrogen and oxygen atoms in total. The summed E-state index contributed by atoms with van der Waals surface area (Å²) in [5.74, 6) is -13.4. The maximum absolute atomic E-state index is 14.8. The lowest BCUT2D eigenvalue weighted by molar-refractivity contribution is -0.143. The number of carbonyl (C=O) groups is 14. The van der Waals surface area contributed by atoms with Crippen LogP contribution in [0.4, 0.5) is 0 Å². The first-order chi connectivity index (χ1) is 48.2. The van der Waals surface area contributed by atoms with Gasteiger partial charge in [-0.2, -0.15) is 0 Å². The third kappa shape index (κ3) is 29.6. The zero-order valence-electron chi connectivity index (χ0n) is 58.0. The Labute approximate surface area is 590 Å². The number of rotatable bonds is 43. The van der Waals surface area contributed by atoms with Gasteiger partial charge in [-0.15, -0.1) is 0 Å². The summed E-state index contributed by atoms with van der Waals surface area (Å²) >= 11 is 0. The number of likely N-dealkylation sites (tertiary alicyclic amines) is 2. The van der Waals surface area contributed by atoms with Gasteiger partial charge >= 0.3 is 11.9 Å². The molecule has 2 fully saturated rings. The van der Waals surface area contributed by atoms with E-state index < -0.39 is 169 Å². The van der Waals surface area contributed by atoms with Crippen LogP contribution in [0, 0.1) is 11.8 Å². The molecule has 2 saturated heterocycles. The minimum atomic E-state index is -1.57. The van der Waals surface area contributed by atoms with Crippen molar-refractivity contribution in [2.75, 3.05) is 39.3 Å². The molecule has 0 bridgehead atoms. The Balaban J connectivity index is 1.53. The molecule has 0 aliphatic carbocycles. The lowest BCUT2D eigenvalue weighted by Gasteiger charge is -2.31. The van der Waals surface area contributed by atoms with Crippen molar-refractivity contribution in [2.24, 2.45) is 56.2 Å². The quantitative estimate of drug-likeness (QED) is 0.0169. The van der Waals surface area contributed by atoms with E-state index in [0.29, 0.717) is 17.5 Å². The number of hydrogen-bond donors (Lipinski definition) is 18. The van der Waals surface area contributed by atoms with Crippen LogP contribution in [0.3, 0.4) is 0 Å². The lowest BCUT2D eigenvalue weighted by Crippen LogP contribution is -2.59. The first kappa shape index (κ1) is 83.7. The molecule has 12 amide bonds. The first-order valence-corrected chi connectivity index (χ1v) is 33.9. The molecule has 0 saturated carbocycles. The fourth-order valence-corrected chi connectivity index (χ4v) is 11.4. The summed E-state index contributed by atoms with van der Waals surface area (Å²) in [5.41, 5.74) is 34.3. The number of aromatic hydroxyl groups is 1. The predicted molar refractivity (Wildman–Crippen MR) is 371 cm³/mol. The summed E-state index contributed by atoms with van der Waals surface area (Å²) in [6, 6.07) is 0.739. The number of primary amides is 1. The highest BCUT2D eigenvalue weighted by Crippen LogP contribution is 2.23. The molecule has 4 rings (SSSR count). The molecule has 24 N–H and O–H groups in total. The molecule has 2 heterocycles. The van der Waals surface area contributed by atoms with E-state index in [0.717, 1.165) is 4.90 Å². The molecule has 2 aliphatic rings. The van der Waals surface area contributed by atoms with E-state index in [2.05, 4.69) is 57.8 Å². The van der Waals surface area contributed by atoms with Crippen LogP contribution in [0.5, 0.6) is 5.75 Å². The van der Waals surface area contributed by atoms with E-state index in [1.807, 2.05) is 0 Å². The van der Waals surface area contributed by atoms with Gasteiger partial charge in [-0.25, -0.2) is 4.79 Å². The Hall–Kier alpha value is -10.7. The van der Waals surface area contributed by atoms with Gasteiger partial charge in [-0.3, -0.25) is 72.3 Å². The number of nitrogens with two attached hydrogens (primary N) is 6. The molecule has 2 aromatic carbocycles. The Morgan fingerprint density at radius 3 is 1.51 bits per heavy atom. The Morgan fingerprint density at radius 1 is 0.500 bits per heavy atom. The fraction of sp³-hybridized carbons (Fsp3) is 0.576. The van der Waals surface area contributed by atoms with Gasteiger partial charge in [0.25, 0.3) is 0 Å². The van der Waals surface area contributed by atoms with Crippen molar-refractivity contribution in [3.8, 4) is 5.75 Å². The van der Waals surface area contributed by atoms with Gasteiger partial charge in [-0.05, 0) is 112 Å². The molecular weight excluding hydrogens is 1330 g/mol. The predicted octanol–water partition coefficient (Wildman–Crippen LogP) is -4.47. The van der Waals surface area contributed by atoms with Crippen LogP contribution < -0.4 is 82.3 Å². The number of carbonyl (C=O) groups excluding carboxylic acids is 12. The van der Waals surface area contributed by atoms with Crippen LogP contribution in [-0.4, -0.2) is 220 Å². The first-order valence-electron chi connectivity index (χ1n) is 33.9. The highest BCUT2D eigenvalue weighted by atomic mass is 16.4.